The maximum atomic E-state index is 10.3. The van der Waals surface area contributed by atoms with Gasteiger partial charge >= 0.3 is 0 Å². The molecule has 3 N–H and O–H groups in total. The molecule has 1 aliphatic rings. The second-order valence-electron chi connectivity index (χ2n) is 6.11. The third-order valence-electron chi connectivity index (χ3n) is 4.44. The molecule has 27 heavy (non-hydrogen) atoms. The second kappa shape index (κ2) is 7.82. The summed E-state index contributed by atoms with van der Waals surface area (Å²) in [6, 6.07) is 7.96. The van der Waals surface area contributed by atoms with Crippen LogP contribution in [0.15, 0.2) is 46.4 Å². The fourth-order valence-corrected chi connectivity index (χ4v) is 4.55. The van der Waals surface area contributed by atoms with Gasteiger partial charge in [-0.1, -0.05) is 45.9 Å². The summed E-state index contributed by atoms with van der Waals surface area (Å²) in [6.45, 7) is -0.386. The van der Waals surface area contributed by atoms with Gasteiger partial charge in [-0.2, -0.15) is 0 Å². The molecular weight excluding hydrogens is 436 g/mol. The second-order valence-corrected chi connectivity index (χ2v) is 7.93. The number of hydrogen-bond acceptors (Lipinski definition) is 8. The molecule has 2 aromatic heterocycles. The lowest BCUT2D eigenvalue weighted by atomic mass is 10.1. The largest absolute Gasteiger partial charge is 0.394 e. The first-order valence-electron chi connectivity index (χ1n) is 8.26. The highest BCUT2D eigenvalue weighted by atomic mass is 79.9. The Morgan fingerprint density at radius 3 is 2.70 bits per heavy atom. The quantitative estimate of drug-likeness (QED) is 0.394. The van der Waals surface area contributed by atoms with Gasteiger partial charge in [0.15, 0.2) is 11.9 Å². The highest BCUT2D eigenvalue weighted by Gasteiger charge is 2.44. The van der Waals surface area contributed by atoms with E-state index in [2.05, 4.69) is 30.9 Å². The Kier molecular flexibility index (Phi) is 5.44. The average Bonchev–Trinajstić information content (AvgIpc) is 3.23. The predicted molar refractivity (Wildman–Crippen MR) is 102 cm³/mol. The first-order chi connectivity index (χ1) is 13.1. The van der Waals surface area contributed by atoms with Crippen LogP contribution in [0.4, 0.5) is 0 Å². The van der Waals surface area contributed by atoms with E-state index in [1.807, 2.05) is 24.3 Å². The van der Waals surface area contributed by atoms with Gasteiger partial charge in [-0.3, -0.25) is 4.57 Å². The van der Waals surface area contributed by atoms with Crippen LogP contribution < -0.4 is 0 Å². The van der Waals surface area contributed by atoms with E-state index in [0.29, 0.717) is 21.9 Å². The molecule has 0 aliphatic carbocycles. The number of imidazole rings is 1. The van der Waals surface area contributed by atoms with Crippen LogP contribution in [0, 0.1) is 0 Å². The Bertz CT molecular complexity index is 956. The van der Waals surface area contributed by atoms with Gasteiger partial charge in [0.2, 0.25) is 0 Å². The Hall–Kier alpha value is -1.56. The minimum Gasteiger partial charge on any atom is -0.394 e. The van der Waals surface area contributed by atoms with E-state index >= 15 is 0 Å². The molecule has 10 heteroatoms. The number of aliphatic hydroxyl groups excluding tert-OH is 3. The van der Waals surface area contributed by atoms with Crippen LogP contribution in [-0.4, -0.2) is 59.8 Å². The zero-order valence-corrected chi connectivity index (χ0v) is 16.4. The maximum absolute atomic E-state index is 10.3. The van der Waals surface area contributed by atoms with E-state index in [4.69, 9.17) is 4.74 Å². The van der Waals surface area contributed by atoms with Crippen LogP contribution >= 0.6 is 27.7 Å². The van der Waals surface area contributed by atoms with Crippen molar-refractivity contribution in [1.82, 2.24) is 19.5 Å². The van der Waals surface area contributed by atoms with Gasteiger partial charge in [-0.05, 0) is 11.6 Å². The zero-order valence-electron chi connectivity index (χ0n) is 14.0. The molecule has 0 bridgehead atoms. The molecule has 0 saturated carbocycles. The van der Waals surface area contributed by atoms with Gasteiger partial charge in [-0.15, -0.1) is 0 Å². The Labute approximate surface area is 167 Å². The number of ether oxygens (including phenoxy) is 1. The van der Waals surface area contributed by atoms with Crippen molar-refractivity contribution in [1.29, 1.82) is 0 Å². The molecule has 0 radical (unpaired) electrons. The summed E-state index contributed by atoms with van der Waals surface area (Å²) in [5, 5.41) is 30.2. The number of aliphatic hydroxyl groups is 3. The van der Waals surface area contributed by atoms with Gasteiger partial charge in [0.05, 0.1) is 12.9 Å². The van der Waals surface area contributed by atoms with Crippen LogP contribution in [-0.2, 0) is 10.5 Å². The third-order valence-corrected chi connectivity index (χ3v) is 6.24. The highest BCUT2D eigenvalue weighted by Crippen LogP contribution is 2.34. The van der Waals surface area contributed by atoms with E-state index in [1.54, 1.807) is 4.57 Å². The number of benzene rings is 1. The first kappa shape index (κ1) is 18.8. The average molecular weight is 453 g/mol. The number of hydrogen-bond donors (Lipinski definition) is 3. The smallest absolute Gasteiger partial charge is 0.166 e. The molecule has 3 heterocycles. The maximum Gasteiger partial charge on any atom is 0.166 e. The van der Waals surface area contributed by atoms with Gasteiger partial charge in [0.25, 0.3) is 0 Å². The Morgan fingerprint density at radius 1 is 1.15 bits per heavy atom. The molecule has 4 atom stereocenters. The van der Waals surface area contributed by atoms with E-state index in [-0.39, 0.29) is 6.61 Å². The van der Waals surface area contributed by atoms with Gasteiger partial charge < -0.3 is 20.1 Å². The number of thioether (sulfide) groups is 1. The van der Waals surface area contributed by atoms with Crippen LogP contribution in [0.1, 0.15) is 11.8 Å². The van der Waals surface area contributed by atoms with Crippen LogP contribution in [0.3, 0.4) is 0 Å². The van der Waals surface area contributed by atoms with Gasteiger partial charge in [-0.25, -0.2) is 15.0 Å². The van der Waals surface area contributed by atoms with E-state index in [9.17, 15) is 15.3 Å². The number of nitrogens with zero attached hydrogens (tertiary/aromatic N) is 4. The topological polar surface area (TPSA) is 114 Å². The van der Waals surface area contributed by atoms with E-state index in [0.717, 1.165) is 10.0 Å². The summed E-state index contributed by atoms with van der Waals surface area (Å²) < 4.78 is 8.16. The molecule has 0 unspecified atom stereocenters. The lowest BCUT2D eigenvalue weighted by molar-refractivity contribution is -0.0511. The van der Waals surface area contributed by atoms with Crippen molar-refractivity contribution < 1.29 is 20.1 Å². The lowest BCUT2D eigenvalue weighted by Crippen LogP contribution is -2.33. The molecular formula is C17H17BrN4O4S. The minimum absolute atomic E-state index is 0.386. The normalized spacial score (nSPS) is 25.3. The zero-order chi connectivity index (χ0) is 19.0. The molecule has 3 aromatic rings. The predicted octanol–water partition coefficient (Wildman–Crippen LogP) is 1.49. The SMILES string of the molecule is OC[C@H]1O[C@@H](n2cnc3c(SCc4ccccc4Br)ncnc32)[C@H](O)[C@@H]1O. The van der Waals surface area contributed by atoms with Crippen molar-refractivity contribution >= 4 is 38.9 Å². The lowest BCUT2D eigenvalue weighted by Gasteiger charge is -2.16. The van der Waals surface area contributed by atoms with E-state index in [1.165, 1.54) is 24.4 Å². The van der Waals surface area contributed by atoms with Gasteiger partial charge in [0.1, 0.15) is 35.2 Å². The van der Waals surface area contributed by atoms with Crippen molar-refractivity contribution in [2.45, 2.75) is 35.3 Å². The molecule has 1 fully saturated rings. The van der Waals surface area contributed by atoms with E-state index < -0.39 is 24.5 Å². The first-order valence-corrected chi connectivity index (χ1v) is 10.0. The summed E-state index contributed by atoms with van der Waals surface area (Å²) in [7, 11) is 0. The fourth-order valence-electron chi connectivity index (χ4n) is 2.99. The standard InChI is InChI=1S/C17H17BrN4O4S/c18-10-4-2-1-3-9(10)6-27-16-12-15(19-7-20-16)22(8-21-12)17-14(25)13(24)11(5-23)26-17/h1-4,7-8,11,13-14,17,23-25H,5-6H2/t11-,13-,14-,17-/m1/s1. The molecule has 1 aromatic carbocycles. The molecule has 0 spiro atoms. The van der Waals surface area contributed by atoms with Crippen LogP contribution in [0.5, 0.6) is 0 Å². The van der Waals surface area contributed by atoms with Crippen LogP contribution in [0.25, 0.3) is 11.2 Å². The number of rotatable bonds is 5. The molecule has 8 nitrogen and oxygen atoms in total. The molecule has 4 rings (SSSR count). The summed E-state index contributed by atoms with van der Waals surface area (Å²) in [5.74, 6) is 0.703. The Balaban J connectivity index is 1.61. The monoisotopic (exact) mass is 452 g/mol. The summed E-state index contributed by atoms with van der Waals surface area (Å²) in [6.07, 6.45) is -1.16. The molecule has 1 saturated heterocycles. The highest BCUT2D eigenvalue weighted by molar-refractivity contribution is 9.10. The third kappa shape index (κ3) is 3.48. The van der Waals surface area contributed by atoms with Gasteiger partial charge in [0, 0.05) is 10.2 Å². The van der Waals surface area contributed by atoms with Crippen molar-refractivity contribution in [2.24, 2.45) is 0 Å². The summed E-state index contributed by atoms with van der Waals surface area (Å²) >= 11 is 5.07. The van der Waals surface area contributed by atoms with Crippen molar-refractivity contribution in [3.05, 3.63) is 47.0 Å². The number of fused-ring (bicyclic) bond motifs is 1. The molecule has 142 valence electrons. The Morgan fingerprint density at radius 2 is 1.96 bits per heavy atom. The number of halogens is 1. The molecule has 1 aliphatic heterocycles. The summed E-state index contributed by atoms with van der Waals surface area (Å²) in [4.78, 5) is 13.0. The van der Waals surface area contributed by atoms with Crippen molar-refractivity contribution in [3.63, 3.8) is 0 Å². The van der Waals surface area contributed by atoms with Crippen molar-refractivity contribution in [2.75, 3.05) is 6.61 Å². The fraction of sp³-hybridized carbons (Fsp3) is 0.353. The molecule has 0 amide bonds. The van der Waals surface area contributed by atoms with Crippen molar-refractivity contribution in [3.8, 4) is 0 Å². The number of aromatic nitrogens is 4. The summed E-state index contributed by atoms with van der Waals surface area (Å²) in [5.41, 5.74) is 2.22. The minimum atomic E-state index is -1.19. The van der Waals surface area contributed by atoms with Crippen LogP contribution in [0.2, 0.25) is 0 Å².